The molecule has 0 aliphatic carbocycles. The van der Waals surface area contributed by atoms with Crippen LogP contribution in [0.3, 0.4) is 0 Å². The summed E-state index contributed by atoms with van der Waals surface area (Å²) >= 11 is 0. The highest BCUT2D eigenvalue weighted by atomic mass is 19.1. The molecule has 80 valence electrons. The summed E-state index contributed by atoms with van der Waals surface area (Å²) in [7, 11) is 0. The van der Waals surface area contributed by atoms with E-state index in [-0.39, 0.29) is 24.4 Å². The van der Waals surface area contributed by atoms with Gasteiger partial charge in [0, 0.05) is 26.2 Å². The van der Waals surface area contributed by atoms with E-state index in [0.29, 0.717) is 13.1 Å². The van der Waals surface area contributed by atoms with E-state index in [0.717, 1.165) is 6.42 Å². The van der Waals surface area contributed by atoms with Crippen molar-refractivity contribution < 1.29 is 9.18 Å². The van der Waals surface area contributed by atoms with Gasteiger partial charge in [0.15, 0.2) is 0 Å². The maximum atomic E-state index is 13.7. The second kappa shape index (κ2) is 2.92. The Morgan fingerprint density at radius 2 is 2.07 bits per heavy atom. The molecule has 14 heavy (non-hydrogen) atoms. The Bertz CT molecular complexity index is 261. The van der Waals surface area contributed by atoms with Crippen molar-refractivity contribution in [3.8, 4) is 0 Å². The van der Waals surface area contributed by atoms with Crippen LogP contribution in [0.5, 0.6) is 0 Å². The molecule has 0 bridgehead atoms. The van der Waals surface area contributed by atoms with Crippen molar-refractivity contribution in [3.63, 3.8) is 0 Å². The Hall–Kier alpha value is -0.640. The largest absolute Gasteiger partial charge is 0.339 e. The quantitative estimate of drug-likeness (QED) is 0.670. The molecule has 3 nitrogen and oxygen atoms in total. The molecule has 0 aromatic heterocycles. The summed E-state index contributed by atoms with van der Waals surface area (Å²) < 4.78 is 13.7. The van der Waals surface area contributed by atoms with Crippen molar-refractivity contribution in [3.05, 3.63) is 0 Å². The Balaban J connectivity index is 2.00. The lowest BCUT2D eigenvalue weighted by Crippen LogP contribution is -2.64. The third-order valence-electron chi connectivity index (χ3n) is 3.16. The van der Waals surface area contributed by atoms with Gasteiger partial charge < -0.3 is 10.2 Å². The number of alkyl halides is 1. The maximum absolute atomic E-state index is 13.7. The summed E-state index contributed by atoms with van der Waals surface area (Å²) in [5.74, 6) is -0.318. The summed E-state index contributed by atoms with van der Waals surface area (Å²) in [6.45, 7) is 5.99. The Morgan fingerprint density at radius 1 is 1.43 bits per heavy atom. The zero-order valence-corrected chi connectivity index (χ0v) is 8.77. The van der Waals surface area contributed by atoms with Crippen LogP contribution in [0.4, 0.5) is 4.39 Å². The smallest absolute Gasteiger partial charge is 0.262 e. The molecule has 1 N–H and O–H groups in total. The molecule has 2 aliphatic rings. The Labute approximate surface area is 83.6 Å². The van der Waals surface area contributed by atoms with Gasteiger partial charge in [-0.25, -0.2) is 4.39 Å². The molecule has 0 spiro atoms. The number of carbonyl (C=O) groups is 1. The molecule has 0 aromatic rings. The van der Waals surface area contributed by atoms with Crippen LogP contribution in [-0.4, -0.2) is 42.7 Å². The van der Waals surface area contributed by atoms with Crippen LogP contribution in [0.1, 0.15) is 20.3 Å². The van der Waals surface area contributed by atoms with Gasteiger partial charge >= 0.3 is 0 Å². The Kier molecular flexibility index (Phi) is 2.07. The predicted molar refractivity (Wildman–Crippen MR) is 51.7 cm³/mol. The molecule has 2 aliphatic heterocycles. The second-order valence-electron chi connectivity index (χ2n) is 5.21. The van der Waals surface area contributed by atoms with E-state index >= 15 is 0 Å². The molecule has 0 saturated carbocycles. The molecular weight excluding hydrogens is 183 g/mol. The number of hydrogen-bond donors (Lipinski definition) is 1. The van der Waals surface area contributed by atoms with Gasteiger partial charge in [-0.1, -0.05) is 13.8 Å². The highest BCUT2D eigenvalue weighted by Crippen LogP contribution is 2.31. The first-order valence-corrected chi connectivity index (χ1v) is 5.12. The number of halogens is 1. The standard InChI is InChI=1S/C10H17FN2O/c1-9(2)3-4-13(7-9)8(14)10(11)5-12-6-10/h12H,3-7H2,1-2H3. The SMILES string of the molecule is CC1(C)CCN(C(=O)C2(F)CNC2)C1. The molecule has 1 amide bonds. The van der Waals surface area contributed by atoms with Gasteiger partial charge in [-0.3, -0.25) is 4.79 Å². The van der Waals surface area contributed by atoms with Gasteiger partial charge in [-0.2, -0.15) is 0 Å². The number of nitrogens with one attached hydrogen (secondary N) is 1. The van der Waals surface area contributed by atoms with Gasteiger partial charge in [0.25, 0.3) is 5.91 Å². The first-order valence-electron chi connectivity index (χ1n) is 5.12. The highest BCUT2D eigenvalue weighted by molar-refractivity contribution is 5.87. The summed E-state index contributed by atoms with van der Waals surface area (Å²) in [4.78, 5) is 13.4. The molecule has 2 fully saturated rings. The average molecular weight is 200 g/mol. The number of nitrogens with zero attached hydrogens (tertiary/aromatic N) is 1. The van der Waals surface area contributed by atoms with Crippen molar-refractivity contribution in [1.82, 2.24) is 10.2 Å². The first kappa shape index (κ1) is 9.90. The first-order chi connectivity index (χ1) is 6.43. The average Bonchev–Trinajstić information content (AvgIpc) is 2.40. The molecule has 0 atom stereocenters. The van der Waals surface area contributed by atoms with Crippen molar-refractivity contribution in [1.29, 1.82) is 0 Å². The van der Waals surface area contributed by atoms with Crippen LogP contribution < -0.4 is 5.32 Å². The van der Waals surface area contributed by atoms with Crippen LogP contribution in [0.2, 0.25) is 0 Å². The summed E-state index contributed by atoms with van der Waals surface area (Å²) in [6.07, 6.45) is 0.974. The van der Waals surface area contributed by atoms with Crippen molar-refractivity contribution in [2.45, 2.75) is 25.9 Å². The van der Waals surface area contributed by atoms with Crippen molar-refractivity contribution >= 4 is 5.91 Å². The molecular formula is C10H17FN2O. The van der Waals surface area contributed by atoms with Crippen LogP contribution in [0.25, 0.3) is 0 Å². The minimum Gasteiger partial charge on any atom is -0.339 e. The fourth-order valence-electron chi connectivity index (χ4n) is 2.06. The molecule has 0 unspecified atom stereocenters. The van der Waals surface area contributed by atoms with E-state index in [9.17, 15) is 9.18 Å². The van der Waals surface area contributed by atoms with Gasteiger partial charge in [-0.05, 0) is 11.8 Å². The zero-order valence-electron chi connectivity index (χ0n) is 8.77. The van der Waals surface area contributed by atoms with Crippen LogP contribution in [0, 0.1) is 5.41 Å². The van der Waals surface area contributed by atoms with E-state index in [1.807, 2.05) is 0 Å². The summed E-state index contributed by atoms with van der Waals surface area (Å²) in [6, 6.07) is 0. The van der Waals surface area contributed by atoms with Crippen LogP contribution in [-0.2, 0) is 4.79 Å². The van der Waals surface area contributed by atoms with Crippen molar-refractivity contribution in [2.24, 2.45) is 5.41 Å². The Morgan fingerprint density at radius 3 is 2.43 bits per heavy atom. The fraction of sp³-hybridized carbons (Fsp3) is 0.900. The van der Waals surface area contributed by atoms with E-state index in [1.165, 1.54) is 0 Å². The lowest BCUT2D eigenvalue weighted by molar-refractivity contribution is -0.146. The molecule has 0 aromatic carbocycles. The molecule has 2 heterocycles. The van der Waals surface area contributed by atoms with E-state index < -0.39 is 5.67 Å². The van der Waals surface area contributed by atoms with Gasteiger partial charge in [0.1, 0.15) is 0 Å². The highest BCUT2D eigenvalue weighted by Gasteiger charge is 2.49. The minimum atomic E-state index is -1.61. The van der Waals surface area contributed by atoms with E-state index in [2.05, 4.69) is 19.2 Å². The lowest BCUT2D eigenvalue weighted by atomic mass is 9.93. The number of hydrogen-bond acceptors (Lipinski definition) is 2. The van der Waals surface area contributed by atoms with Gasteiger partial charge in [0.05, 0.1) is 0 Å². The third-order valence-corrected chi connectivity index (χ3v) is 3.16. The lowest BCUT2D eigenvalue weighted by Gasteiger charge is -2.36. The monoisotopic (exact) mass is 200 g/mol. The molecule has 4 heteroatoms. The van der Waals surface area contributed by atoms with E-state index in [1.54, 1.807) is 4.90 Å². The number of likely N-dealkylation sites (tertiary alicyclic amines) is 1. The molecule has 2 rings (SSSR count). The second-order valence-corrected chi connectivity index (χ2v) is 5.21. The number of rotatable bonds is 1. The topological polar surface area (TPSA) is 32.3 Å². The van der Waals surface area contributed by atoms with E-state index in [4.69, 9.17) is 0 Å². The summed E-state index contributed by atoms with van der Waals surface area (Å²) in [5, 5.41) is 2.80. The molecule has 0 radical (unpaired) electrons. The maximum Gasteiger partial charge on any atom is 0.262 e. The number of amides is 1. The predicted octanol–water partition coefficient (Wildman–Crippen LogP) is 0.556. The third kappa shape index (κ3) is 1.52. The molecule has 2 saturated heterocycles. The van der Waals surface area contributed by atoms with Gasteiger partial charge in [-0.15, -0.1) is 0 Å². The fourth-order valence-corrected chi connectivity index (χ4v) is 2.06. The number of carbonyl (C=O) groups excluding carboxylic acids is 1. The summed E-state index contributed by atoms with van der Waals surface area (Å²) in [5.41, 5.74) is -1.45. The zero-order chi connectivity index (χ0) is 10.4. The van der Waals surface area contributed by atoms with Crippen molar-refractivity contribution in [2.75, 3.05) is 26.2 Å². The normalized spacial score (nSPS) is 28.6. The minimum absolute atomic E-state index is 0.156. The van der Waals surface area contributed by atoms with Crippen LogP contribution >= 0.6 is 0 Å². The van der Waals surface area contributed by atoms with Crippen LogP contribution in [0.15, 0.2) is 0 Å². The van der Waals surface area contributed by atoms with Gasteiger partial charge in [0.2, 0.25) is 5.67 Å².